The number of hydrogen-bond acceptors (Lipinski definition) is 5. The van der Waals surface area contributed by atoms with Gasteiger partial charge in [0.25, 0.3) is 0 Å². The molecule has 152 valence electrons. The van der Waals surface area contributed by atoms with E-state index < -0.39 is 17.5 Å². The third-order valence-electron chi connectivity index (χ3n) is 5.72. The smallest absolute Gasteiger partial charge is 0.339 e. The standard InChI is InChI=1S/C20H33N3O4/c1-18(2,3)15-14(16-25-19(4,5)20(6,7)26-16)13-23(21-15)27-17(24)22-11-9-8-10-12-22/h13,16H,8-12H2,1-7H3. The van der Waals surface area contributed by atoms with E-state index in [0.717, 1.165) is 43.6 Å². The van der Waals surface area contributed by atoms with Gasteiger partial charge in [-0.1, -0.05) is 25.6 Å². The topological polar surface area (TPSA) is 65.8 Å². The molecule has 2 aliphatic heterocycles. The Kier molecular flexibility index (Phi) is 5.06. The largest absolute Gasteiger partial charge is 0.435 e. The van der Waals surface area contributed by atoms with E-state index in [2.05, 4.69) is 25.9 Å². The Labute approximate surface area is 161 Å². The van der Waals surface area contributed by atoms with E-state index in [4.69, 9.17) is 14.3 Å². The van der Waals surface area contributed by atoms with Crippen molar-refractivity contribution in [3.8, 4) is 0 Å². The third-order valence-corrected chi connectivity index (χ3v) is 5.72. The summed E-state index contributed by atoms with van der Waals surface area (Å²) in [7, 11) is 0. The summed E-state index contributed by atoms with van der Waals surface area (Å²) < 4.78 is 12.4. The molecule has 27 heavy (non-hydrogen) atoms. The molecule has 0 aromatic carbocycles. The van der Waals surface area contributed by atoms with Crippen LogP contribution in [0.5, 0.6) is 0 Å². The normalized spacial score (nSPS) is 22.9. The summed E-state index contributed by atoms with van der Waals surface area (Å²) in [6.45, 7) is 15.7. The molecule has 2 fully saturated rings. The van der Waals surface area contributed by atoms with Crippen molar-refractivity contribution in [2.75, 3.05) is 13.1 Å². The van der Waals surface area contributed by atoms with E-state index in [9.17, 15) is 4.79 Å². The highest BCUT2D eigenvalue weighted by Gasteiger charge is 2.51. The average molecular weight is 380 g/mol. The Morgan fingerprint density at radius 1 is 1.11 bits per heavy atom. The summed E-state index contributed by atoms with van der Waals surface area (Å²) in [5.41, 5.74) is 0.459. The van der Waals surface area contributed by atoms with Crippen LogP contribution in [0.25, 0.3) is 0 Å². The summed E-state index contributed by atoms with van der Waals surface area (Å²) in [5.74, 6) is 0. The van der Waals surface area contributed by atoms with E-state index in [0.29, 0.717) is 0 Å². The molecule has 2 aliphatic rings. The highest BCUT2D eigenvalue weighted by Crippen LogP contribution is 2.46. The van der Waals surface area contributed by atoms with Crippen molar-refractivity contribution in [2.24, 2.45) is 0 Å². The number of amides is 1. The Morgan fingerprint density at radius 3 is 2.19 bits per heavy atom. The van der Waals surface area contributed by atoms with Crippen molar-refractivity contribution in [1.29, 1.82) is 0 Å². The minimum Gasteiger partial charge on any atom is -0.339 e. The molecule has 1 aromatic rings. The van der Waals surface area contributed by atoms with Crippen molar-refractivity contribution in [3.05, 3.63) is 17.5 Å². The van der Waals surface area contributed by atoms with Crippen LogP contribution >= 0.6 is 0 Å². The summed E-state index contributed by atoms with van der Waals surface area (Å²) in [4.78, 5) is 21.0. The fraction of sp³-hybridized carbons (Fsp3) is 0.800. The predicted molar refractivity (Wildman–Crippen MR) is 101 cm³/mol. The van der Waals surface area contributed by atoms with Gasteiger partial charge in [-0.3, -0.25) is 4.84 Å². The van der Waals surface area contributed by atoms with Gasteiger partial charge in [0.05, 0.1) is 28.7 Å². The highest BCUT2D eigenvalue weighted by molar-refractivity contribution is 5.67. The Hall–Kier alpha value is -1.60. The first kappa shape index (κ1) is 20.1. The second-order valence-electron chi connectivity index (χ2n) is 9.58. The first-order chi connectivity index (χ1) is 12.4. The van der Waals surface area contributed by atoms with Gasteiger partial charge in [0.1, 0.15) is 0 Å². The molecule has 3 heterocycles. The monoisotopic (exact) mass is 379 g/mol. The predicted octanol–water partition coefficient (Wildman–Crippen LogP) is 3.82. The lowest BCUT2D eigenvalue weighted by atomic mass is 9.89. The van der Waals surface area contributed by atoms with E-state index >= 15 is 0 Å². The van der Waals surface area contributed by atoms with Crippen molar-refractivity contribution in [3.63, 3.8) is 0 Å². The summed E-state index contributed by atoms with van der Waals surface area (Å²) >= 11 is 0. The molecule has 0 radical (unpaired) electrons. The maximum Gasteiger partial charge on any atom is 0.435 e. The van der Waals surface area contributed by atoms with E-state index in [1.807, 2.05) is 27.7 Å². The minimum atomic E-state index is -0.549. The lowest BCUT2D eigenvalue weighted by Gasteiger charge is -2.30. The molecule has 0 aliphatic carbocycles. The molecule has 7 heteroatoms. The quantitative estimate of drug-likeness (QED) is 0.781. The summed E-state index contributed by atoms with van der Waals surface area (Å²) in [6.07, 6.45) is 3.99. The molecule has 2 saturated heterocycles. The third kappa shape index (κ3) is 3.99. The maximum atomic E-state index is 12.4. The van der Waals surface area contributed by atoms with Crippen LogP contribution in [0.15, 0.2) is 6.20 Å². The van der Waals surface area contributed by atoms with E-state index in [1.165, 1.54) is 4.85 Å². The van der Waals surface area contributed by atoms with Gasteiger partial charge in [0.15, 0.2) is 6.29 Å². The second-order valence-corrected chi connectivity index (χ2v) is 9.58. The number of ether oxygens (including phenoxy) is 2. The molecule has 0 bridgehead atoms. The zero-order chi connectivity index (χ0) is 20.0. The van der Waals surface area contributed by atoms with Gasteiger partial charge in [-0.25, -0.2) is 4.79 Å². The number of carbonyl (C=O) groups is 1. The van der Waals surface area contributed by atoms with E-state index in [-0.39, 0.29) is 11.5 Å². The molecule has 0 saturated carbocycles. The minimum absolute atomic E-state index is 0.248. The molecule has 0 atom stereocenters. The maximum absolute atomic E-state index is 12.4. The molecule has 3 rings (SSSR count). The van der Waals surface area contributed by atoms with Gasteiger partial charge in [0.2, 0.25) is 0 Å². The zero-order valence-electron chi connectivity index (χ0n) is 17.7. The summed E-state index contributed by atoms with van der Waals surface area (Å²) in [5, 5.41) is 4.54. The lowest BCUT2D eigenvalue weighted by Crippen LogP contribution is -2.41. The first-order valence-electron chi connectivity index (χ1n) is 9.84. The first-order valence-corrected chi connectivity index (χ1v) is 9.84. The van der Waals surface area contributed by atoms with Gasteiger partial charge in [-0.2, -0.15) is 0 Å². The van der Waals surface area contributed by atoms with E-state index in [1.54, 1.807) is 11.1 Å². The Balaban J connectivity index is 1.85. The van der Waals surface area contributed by atoms with Crippen molar-refractivity contribution in [1.82, 2.24) is 14.8 Å². The molecule has 7 nitrogen and oxygen atoms in total. The van der Waals surface area contributed by atoms with Crippen molar-refractivity contribution in [2.45, 2.75) is 90.6 Å². The average Bonchev–Trinajstić information content (AvgIpc) is 3.07. The highest BCUT2D eigenvalue weighted by atomic mass is 16.7. The molecule has 0 spiro atoms. The molecule has 1 amide bonds. The number of carbonyl (C=O) groups excluding carboxylic acids is 1. The number of piperidine rings is 1. The van der Waals surface area contributed by atoms with Crippen molar-refractivity contribution < 1.29 is 19.1 Å². The fourth-order valence-corrected chi connectivity index (χ4v) is 3.35. The molecular weight excluding hydrogens is 346 g/mol. The molecule has 1 aromatic heterocycles. The SMILES string of the molecule is CC(C)(C)c1nn(OC(=O)N2CCCCC2)cc1C1OC(C)(C)C(C)(C)O1. The van der Waals surface area contributed by atoms with Crippen LogP contribution in [0.3, 0.4) is 0 Å². The zero-order valence-corrected chi connectivity index (χ0v) is 17.7. The van der Waals surface area contributed by atoms with Crippen LogP contribution in [-0.4, -0.2) is 45.2 Å². The van der Waals surface area contributed by atoms with Crippen LogP contribution in [0, 0.1) is 0 Å². The van der Waals surface area contributed by atoms with Crippen LogP contribution in [0.1, 0.15) is 85.3 Å². The Bertz CT molecular complexity index is 681. The van der Waals surface area contributed by atoms with Gasteiger partial charge in [0, 0.05) is 18.5 Å². The fourth-order valence-electron chi connectivity index (χ4n) is 3.35. The lowest BCUT2D eigenvalue weighted by molar-refractivity contribution is -0.0906. The number of hydrogen-bond donors (Lipinski definition) is 0. The number of likely N-dealkylation sites (tertiary alicyclic amines) is 1. The van der Waals surface area contributed by atoms with Gasteiger partial charge in [-0.05, 0) is 47.0 Å². The number of rotatable bonds is 2. The van der Waals surface area contributed by atoms with Crippen molar-refractivity contribution >= 4 is 6.09 Å². The molecule has 0 N–H and O–H groups in total. The Morgan fingerprint density at radius 2 is 1.67 bits per heavy atom. The van der Waals surface area contributed by atoms with Gasteiger partial charge < -0.3 is 14.4 Å². The van der Waals surface area contributed by atoms with Crippen LogP contribution in [-0.2, 0) is 14.9 Å². The van der Waals surface area contributed by atoms with Gasteiger partial charge in [-0.15, -0.1) is 5.10 Å². The van der Waals surface area contributed by atoms with Crippen LogP contribution in [0.4, 0.5) is 4.79 Å². The number of aromatic nitrogens is 2. The van der Waals surface area contributed by atoms with Gasteiger partial charge >= 0.3 is 6.09 Å². The second kappa shape index (κ2) is 6.78. The molecular formula is C20H33N3O4. The molecule has 0 unspecified atom stereocenters. The van der Waals surface area contributed by atoms with Crippen LogP contribution in [0.2, 0.25) is 0 Å². The van der Waals surface area contributed by atoms with Crippen LogP contribution < -0.4 is 4.84 Å². The number of nitrogens with zero attached hydrogens (tertiary/aromatic N) is 3. The summed E-state index contributed by atoms with van der Waals surface area (Å²) in [6, 6.07) is 0.